The van der Waals surface area contributed by atoms with E-state index in [1.807, 2.05) is 0 Å². The summed E-state index contributed by atoms with van der Waals surface area (Å²) < 4.78 is 1.41. The van der Waals surface area contributed by atoms with Crippen molar-refractivity contribution in [3.8, 4) is 0 Å². The molecule has 0 aromatic heterocycles. The van der Waals surface area contributed by atoms with Crippen molar-refractivity contribution in [1.82, 2.24) is 4.42 Å². The van der Waals surface area contributed by atoms with Gasteiger partial charge in [-0.3, -0.25) is 4.79 Å². The first-order chi connectivity index (χ1) is 6.98. The fourth-order valence-electron chi connectivity index (χ4n) is 4.06. The van der Waals surface area contributed by atoms with Crippen LogP contribution >= 0.6 is 11.8 Å². The minimum Gasteiger partial charge on any atom is -0.274 e. The molecule has 1 amide bonds. The molecule has 1 saturated carbocycles. The highest BCUT2D eigenvalue weighted by molar-refractivity contribution is 6.21. The van der Waals surface area contributed by atoms with Crippen LogP contribution in [0.5, 0.6) is 0 Å². The average molecular weight is 246 g/mol. The van der Waals surface area contributed by atoms with Crippen LogP contribution < -0.4 is 0 Å². The smallest absolute Gasteiger partial charge is 0.234 e. The van der Waals surface area contributed by atoms with E-state index in [1.54, 1.807) is 0 Å². The highest BCUT2D eigenvalue weighted by Crippen LogP contribution is 2.52. The number of rotatable bonds is 1. The molecule has 0 saturated heterocycles. The summed E-state index contributed by atoms with van der Waals surface area (Å²) in [7, 11) is 0. The quantitative estimate of drug-likeness (QED) is 0.640. The third-order valence-electron chi connectivity index (χ3n) is 3.43. The van der Waals surface area contributed by atoms with Gasteiger partial charge in [0, 0.05) is 18.7 Å². The molecule has 1 fully saturated rings. The summed E-state index contributed by atoms with van der Waals surface area (Å²) in [6.07, 6.45) is 3.11. The topological polar surface area (TPSA) is 20.3 Å². The SMILES string of the molecule is CC(=O)N(Cl)C1(C)CC(C)(C)CC(C)(C)C1. The lowest BCUT2D eigenvalue weighted by molar-refractivity contribution is -0.131. The molecule has 0 aliphatic heterocycles. The highest BCUT2D eigenvalue weighted by Gasteiger charge is 2.48. The molecule has 1 aliphatic carbocycles. The van der Waals surface area contributed by atoms with Gasteiger partial charge in [-0.15, -0.1) is 0 Å². The van der Waals surface area contributed by atoms with Crippen molar-refractivity contribution in [2.45, 2.75) is 66.3 Å². The normalized spacial score (nSPS) is 26.2. The van der Waals surface area contributed by atoms with Gasteiger partial charge >= 0.3 is 0 Å². The van der Waals surface area contributed by atoms with Crippen molar-refractivity contribution in [2.24, 2.45) is 10.8 Å². The Bertz CT molecular complexity index is 280. The van der Waals surface area contributed by atoms with Crippen LogP contribution in [0.4, 0.5) is 0 Å². The maximum absolute atomic E-state index is 11.5. The molecule has 1 rings (SSSR count). The first-order valence-corrected chi connectivity index (χ1v) is 6.28. The number of carbonyl (C=O) groups is 1. The van der Waals surface area contributed by atoms with Crippen LogP contribution in [-0.4, -0.2) is 15.9 Å². The molecule has 0 unspecified atom stereocenters. The lowest BCUT2D eigenvalue weighted by Crippen LogP contribution is -2.53. The fourth-order valence-corrected chi connectivity index (χ4v) is 4.18. The maximum atomic E-state index is 11.5. The number of carbonyl (C=O) groups excluding carboxylic acids is 1. The van der Waals surface area contributed by atoms with E-state index in [2.05, 4.69) is 34.6 Å². The average Bonchev–Trinajstić information content (AvgIpc) is 1.95. The molecule has 0 heterocycles. The Kier molecular flexibility index (Phi) is 3.37. The Labute approximate surface area is 104 Å². The van der Waals surface area contributed by atoms with Crippen molar-refractivity contribution < 1.29 is 4.79 Å². The van der Waals surface area contributed by atoms with E-state index in [9.17, 15) is 4.79 Å². The number of nitrogens with zero attached hydrogens (tertiary/aromatic N) is 1. The third-order valence-corrected chi connectivity index (χ3v) is 4.07. The zero-order valence-corrected chi connectivity index (χ0v) is 12.1. The standard InChI is InChI=1S/C13H24ClNO/c1-10(16)15(14)13(6)8-11(2,3)7-12(4,5)9-13/h7-9H2,1-6H3. The minimum atomic E-state index is -0.224. The third kappa shape index (κ3) is 2.91. The summed E-state index contributed by atoms with van der Waals surface area (Å²) >= 11 is 6.17. The summed E-state index contributed by atoms with van der Waals surface area (Å²) in [5.74, 6) is -0.0577. The van der Waals surface area contributed by atoms with Crippen molar-refractivity contribution in [3.05, 3.63) is 0 Å². The van der Waals surface area contributed by atoms with Gasteiger partial charge in [0.1, 0.15) is 0 Å². The molecular weight excluding hydrogens is 222 g/mol. The van der Waals surface area contributed by atoms with Gasteiger partial charge in [0.15, 0.2) is 0 Å². The Morgan fingerprint density at radius 1 is 1.00 bits per heavy atom. The van der Waals surface area contributed by atoms with Gasteiger partial charge in [0.2, 0.25) is 5.91 Å². The second-order valence-corrected chi connectivity index (χ2v) is 7.49. The molecule has 0 bridgehead atoms. The number of hydrogen-bond acceptors (Lipinski definition) is 1. The van der Waals surface area contributed by atoms with Crippen LogP contribution in [0, 0.1) is 10.8 Å². The van der Waals surface area contributed by atoms with E-state index in [0.717, 1.165) is 12.8 Å². The summed E-state index contributed by atoms with van der Waals surface area (Å²) in [5, 5.41) is 0. The Balaban J connectivity index is 3.00. The Morgan fingerprint density at radius 2 is 1.38 bits per heavy atom. The van der Waals surface area contributed by atoms with Crippen LogP contribution in [0.1, 0.15) is 60.8 Å². The summed E-state index contributed by atoms with van der Waals surface area (Å²) in [5.41, 5.74) is 0.247. The second-order valence-electron chi connectivity index (χ2n) is 7.16. The predicted octanol–water partition coefficient (Wildman–Crippen LogP) is 3.98. The Morgan fingerprint density at radius 3 is 1.69 bits per heavy atom. The van der Waals surface area contributed by atoms with Crippen molar-refractivity contribution in [1.29, 1.82) is 0 Å². The molecule has 3 heteroatoms. The van der Waals surface area contributed by atoms with Crippen LogP contribution in [0.2, 0.25) is 0 Å². The first kappa shape index (κ1) is 13.8. The van der Waals surface area contributed by atoms with E-state index < -0.39 is 0 Å². The van der Waals surface area contributed by atoms with Crippen LogP contribution in [0.3, 0.4) is 0 Å². The van der Waals surface area contributed by atoms with Gasteiger partial charge in [0.25, 0.3) is 0 Å². The van der Waals surface area contributed by atoms with E-state index in [4.69, 9.17) is 11.8 Å². The van der Waals surface area contributed by atoms with Gasteiger partial charge in [0.05, 0.1) is 5.54 Å². The molecular formula is C13H24ClNO. The maximum Gasteiger partial charge on any atom is 0.234 e. The first-order valence-electron chi connectivity index (χ1n) is 5.94. The van der Waals surface area contributed by atoms with Crippen LogP contribution in [-0.2, 0) is 4.79 Å². The number of hydrogen-bond donors (Lipinski definition) is 0. The summed E-state index contributed by atoms with van der Waals surface area (Å²) in [6.45, 7) is 12.7. The monoisotopic (exact) mass is 245 g/mol. The largest absolute Gasteiger partial charge is 0.274 e. The molecule has 0 aromatic rings. The van der Waals surface area contributed by atoms with Crippen LogP contribution in [0.15, 0.2) is 0 Å². The van der Waals surface area contributed by atoms with Gasteiger partial charge in [-0.1, -0.05) is 27.7 Å². The van der Waals surface area contributed by atoms with Crippen molar-refractivity contribution in [3.63, 3.8) is 0 Å². The van der Waals surface area contributed by atoms with Gasteiger partial charge in [-0.05, 0) is 37.0 Å². The van der Waals surface area contributed by atoms with Gasteiger partial charge in [-0.2, -0.15) is 0 Å². The van der Waals surface area contributed by atoms with Crippen molar-refractivity contribution >= 4 is 17.7 Å². The molecule has 0 atom stereocenters. The molecule has 1 aliphatic rings. The van der Waals surface area contributed by atoms with E-state index >= 15 is 0 Å². The summed E-state index contributed by atoms with van der Waals surface area (Å²) in [6, 6.07) is 0. The number of halogens is 1. The molecule has 16 heavy (non-hydrogen) atoms. The molecule has 0 radical (unpaired) electrons. The second kappa shape index (κ2) is 3.90. The molecule has 2 nitrogen and oxygen atoms in total. The molecule has 0 aromatic carbocycles. The van der Waals surface area contributed by atoms with Gasteiger partial charge in [-0.25, -0.2) is 4.42 Å². The minimum absolute atomic E-state index is 0.0577. The highest BCUT2D eigenvalue weighted by atomic mass is 35.5. The van der Waals surface area contributed by atoms with Crippen LogP contribution in [0.25, 0.3) is 0 Å². The fraction of sp³-hybridized carbons (Fsp3) is 0.923. The zero-order chi connectivity index (χ0) is 12.8. The lowest BCUT2D eigenvalue weighted by Gasteiger charge is -2.52. The predicted molar refractivity (Wildman–Crippen MR) is 68.2 cm³/mol. The lowest BCUT2D eigenvalue weighted by atomic mass is 9.59. The van der Waals surface area contributed by atoms with Gasteiger partial charge < -0.3 is 0 Å². The zero-order valence-electron chi connectivity index (χ0n) is 11.4. The van der Waals surface area contributed by atoms with Crippen molar-refractivity contribution in [2.75, 3.05) is 0 Å². The molecule has 0 spiro atoms. The summed E-state index contributed by atoms with van der Waals surface area (Å²) in [4.78, 5) is 11.5. The molecule has 0 N–H and O–H groups in total. The van der Waals surface area contributed by atoms with E-state index in [-0.39, 0.29) is 22.3 Å². The number of amides is 1. The van der Waals surface area contributed by atoms with E-state index in [1.165, 1.54) is 17.8 Å². The Hall–Kier alpha value is -0.240. The van der Waals surface area contributed by atoms with E-state index in [0.29, 0.717) is 0 Å². The molecule has 94 valence electrons.